The average Bonchev–Trinajstić information content (AvgIpc) is 2.87. The second kappa shape index (κ2) is 8.86. The van der Waals surface area contributed by atoms with Crippen LogP contribution in [0.3, 0.4) is 0 Å². The molecule has 0 aliphatic carbocycles. The monoisotopic (exact) mass is 472 g/mol. The summed E-state index contributed by atoms with van der Waals surface area (Å²) in [5.74, 6) is 0.760. The van der Waals surface area contributed by atoms with Crippen LogP contribution in [0.5, 0.6) is 0 Å². The summed E-state index contributed by atoms with van der Waals surface area (Å²) >= 11 is 0. The van der Waals surface area contributed by atoms with Crippen LogP contribution in [-0.2, 0) is 6.18 Å². The molecule has 0 amide bonds. The fourth-order valence-electron chi connectivity index (χ4n) is 2.58. The third kappa shape index (κ3) is 6.48. The molecule has 0 bridgehead atoms. The topological polar surface area (TPSA) is 65.4 Å². The number of aromatic nitrogens is 2. The molecular weight excluding hydrogens is 448 g/mol. The Morgan fingerprint density at radius 1 is 1.36 bits per heavy atom. The minimum Gasteiger partial charge on any atom is -0.354 e. The zero-order valence-corrected chi connectivity index (χ0v) is 16.9. The number of aliphatic imine (C=N–C) groups is 1. The van der Waals surface area contributed by atoms with E-state index in [2.05, 4.69) is 44.3 Å². The Morgan fingerprint density at radius 3 is 2.64 bits per heavy atom. The molecule has 1 aromatic rings. The largest absolute Gasteiger partial charge is 0.433 e. The Bertz CT molecular complexity index is 591. The summed E-state index contributed by atoms with van der Waals surface area (Å²) in [4.78, 5) is 13.7. The van der Waals surface area contributed by atoms with Crippen LogP contribution in [0.2, 0.25) is 0 Å². The van der Waals surface area contributed by atoms with Crippen LogP contribution in [0.25, 0.3) is 0 Å². The maximum atomic E-state index is 12.6. The summed E-state index contributed by atoms with van der Waals surface area (Å²) in [6.45, 7) is 7.19. The van der Waals surface area contributed by atoms with Crippen molar-refractivity contribution in [1.29, 1.82) is 0 Å². The lowest BCUT2D eigenvalue weighted by Crippen LogP contribution is -2.42. The predicted octanol–water partition coefficient (Wildman–Crippen LogP) is 2.83. The van der Waals surface area contributed by atoms with Gasteiger partial charge in [-0.15, -0.1) is 24.0 Å². The normalized spacial score (nSPS) is 17.2. The summed E-state index contributed by atoms with van der Waals surface area (Å²) in [6.07, 6.45) is -2.27. The molecule has 10 heteroatoms. The molecule has 1 saturated heterocycles. The van der Waals surface area contributed by atoms with E-state index in [0.29, 0.717) is 13.1 Å². The molecule has 0 atom stereocenters. The van der Waals surface area contributed by atoms with Crippen molar-refractivity contribution in [1.82, 2.24) is 20.2 Å². The first-order valence-electron chi connectivity index (χ1n) is 7.81. The number of rotatable bonds is 4. The number of hydrogen-bond donors (Lipinski definition) is 2. The van der Waals surface area contributed by atoms with Crippen LogP contribution in [-0.4, -0.2) is 54.1 Å². The molecule has 0 radical (unpaired) electrons. The number of halogens is 4. The first-order valence-corrected chi connectivity index (χ1v) is 7.81. The van der Waals surface area contributed by atoms with Gasteiger partial charge in [-0.25, -0.2) is 9.97 Å². The Labute approximate surface area is 162 Å². The number of alkyl halides is 3. The van der Waals surface area contributed by atoms with Crippen molar-refractivity contribution in [3.8, 4) is 0 Å². The number of hydrogen-bond acceptors (Lipinski definition) is 4. The van der Waals surface area contributed by atoms with Crippen LogP contribution in [0.15, 0.2) is 17.3 Å². The van der Waals surface area contributed by atoms with E-state index in [4.69, 9.17) is 0 Å². The second-order valence-electron chi connectivity index (χ2n) is 6.50. The van der Waals surface area contributed by atoms with Gasteiger partial charge in [0.2, 0.25) is 5.95 Å². The molecule has 0 saturated carbocycles. The maximum absolute atomic E-state index is 12.6. The van der Waals surface area contributed by atoms with Gasteiger partial charge in [-0.2, -0.15) is 13.2 Å². The highest BCUT2D eigenvalue weighted by atomic mass is 127. The number of nitrogens with one attached hydrogen (secondary N) is 2. The van der Waals surface area contributed by atoms with Crippen LogP contribution in [0, 0.1) is 5.41 Å². The van der Waals surface area contributed by atoms with Gasteiger partial charge in [0, 0.05) is 39.4 Å². The number of likely N-dealkylation sites (tertiary alicyclic amines) is 1. The lowest BCUT2D eigenvalue weighted by Gasteiger charge is -2.23. The molecule has 2 heterocycles. The highest BCUT2D eigenvalue weighted by molar-refractivity contribution is 14.0. The molecule has 0 spiro atoms. The third-order valence-corrected chi connectivity index (χ3v) is 3.83. The minimum atomic E-state index is -4.47. The van der Waals surface area contributed by atoms with Gasteiger partial charge in [-0.05, 0) is 17.9 Å². The van der Waals surface area contributed by atoms with Crippen LogP contribution in [0.1, 0.15) is 26.0 Å². The van der Waals surface area contributed by atoms with Crippen molar-refractivity contribution >= 4 is 35.9 Å². The van der Waals surface area contributed by atoms with E-state index in [0.717, 1.165) is 37.7 Å². The molecule has 1 aromatic heterocycles. The Morgan fingerprint density at radius 2 is 2.08 bits per heavy atom. The molecule has 142 valence electrons. The van der Waals surface area contributed by atoms with Crippen LogP contribution >= 0.6 is 24.0 Å². The first-order chi connectivity index (χ1) is 11.2. The lowest BCUT2D eigenvalue weighted by molar-refractivity contribution is -0.141. The van der Waals surface area contributed by atoms with E-state index in [-0.39, 0.29) is 35.3 Å². The maximum Gasteiger partial charge on any atom is 0.433 e. The Balaban J connectivity index is 0.00000312. The first kappa shape index (κ1) is 21.7. The van der Waals surface area contributed by atoms with Gasteiger partial charge in [0.15, 0.2) is 5.96 Å². The summed E-state index contributed by atoms with van der Waals surface area (Å²) < 4.78 is 37.8. The standard InChI is InChI=1S/C15H23F3N6.HI/c1-14(2)5-9-24(10-14)13(19-3)22-8-7-21-12-20-6-4-11(23-12)15(16,17)18;/h4,6H,5,7-10H2,1-3H3,(H,19,22)(H,20,21,23);1H. The van der Waals surface area contributed by atoms with Gasteiger partial charge in [0.25, 0.3) is 0 Å². The number of nitrogens with zero attached hydrogens (tertiary/aromatic N) is 4. The van der Waals surface area contributed by atoms with Crippen molar-refractivity contribution in [2.24, 2.45) is 10.4 Å². The van der Waals surface area contributed by atoms with E-state index in [1.807, 2.05) is 0 Å². The van der Waals surface area contributed by atoms with Crippen LogP contribution < -0.4 is 10.6 Å². The summed E-state index contributed by atoms with van der Waals surface area (Å²) in [5.41, 5.74) is -0.690. The van der Waals surface area contributed by atoms with Crippen molar-refractivity contribution in [2.75, 3.05) is 38.5 Å². The SMILES string of the molecule is CN=C(NCCNc1nccc(C(F)(F)F)n1)N1CCC(C)(C)C1.I. The van der Waals surface area contributed by atoms with E-state index < -0.39 is 11.9 Å². The molecule has 0 unspecified atom stereocenters. The zero-order valence-electron chi connectivity index (χ0n) is 14.5. The van der Waals surface area contributed by atoms with Gasteiger partial charge in [-0.1, -0.05) is 13.8 Å². The molecule has 25 heavy (non-hydrogen) atoms. The molecule has 2 rings (SSSR count). The quantitative estimate of drug-likeness (QED) is 0.306. The fraction of sp³-hybridized carbons (Fsp3) is 0.667. The molecule has 0 aromatic carbocycles. The number of anilines is 1. The van der Waals surface area contributed by atoms with Gasteiger partial charge >= 0.3 is 6.18 Å². The van der Waals surface area contributed by atoms with E-state index in [9.17, 15) is 13.2 Å². The van der Waals surface area contributed by atoms with Gasteiger partial charge in [-0.3, -0.25) is 4.99 Å². The van der Waals surface area contributed by atoms with Crippen molar-refractivity contribution in [3.05, 3.63) is 18.0 Å². The van der Waals surface area contributed by atoms with E-state index >= 15 is 0 Å². The van der Waals surface area contributed by atoms with Crippen LogP contribution in [0.4, 0.5) is 19.1 Å². The summed E-state index contributed by atoms with van der Waals surface area (Å²) in [6, 6.07) is 0.848. The molecule has 2 N–H and O–H groups in total. The Kier molecular flexibility index (Phi) is 7.69. The molecule has 6 nitrogen and oxygen atoms in total. The number of guanidine groups is 1. The van der Waals surface area contributed by atoms with Gasteiger partial charge in [0.1, 0.15) is 5.69 Å². The zero-order chi connectivity index (χ0) is 17.8. The predicted molar refractivity (Wildman–Crippen MR) is 102 cm³/mol. The molecule has 1 aliphatic rings. The third-order valence-electron chi connectivity index (χ3n) is 3.83. The fourth-order valence-corrected chi connectivity index (χ4v) is 2.58. The molecule has 1 fully saturated rings. The smallest absolute Gasteiger partial charge is 0.354 e. The molecule has 1 aliphatic heterocycles. The lowest BCUT2D eigenvalue weighted by atomic mass is 9.93. The second-order valence-corrected chi connectivity index (χ2v) is 6.50. The highest BCUT2D eigenvalue weighted by Gasteiger charge is 2.33. The van der Waals surface area contributed by atoms with Gasteiger partial charge in [0.05, 0.1) is 0 Å². The Hall–Kier alpha value is -1.33. The van der Waals surface area contributed by atoms with Crippen molar-refractivity contribution in [3.63, 3.8) is 0 Å². The van der Waals surface area contributed by atoms with E-state index in [1.165, 1.54) is 0 Å². The van der Waals surface area contributed by atoms with Gasteiger partial charge < -0.3 is 15.5 Å². The average molecular weight is 472 g/mol. The molecular formula is C15H24F3IN6. The van der Waals surface area contributed by atoms with Crippen molar-refractivity contribution < 1.29 is 13.2 Å². The minimum absolute atomic E-state index is 0. The highest BCUT2D eigenvalue weighted by Crippen LogP contribution is 2.28. The summed E-state index contributed by atoms with van der Waals surface area (Å²) in [5, 5.41) is 5.99. The van der Waals surface area contributed by atoms with Crippen molar-refractivity contribution in [2.45, 2.75) is 26.4 Å². The van der Waals surface area contributed by atoms with E-state index in [1.54, 1.807) is 7.05 Å². The summed E-state index contributed by atoms with van der Waals surface area (Å²) in [7, 11) is 1.72.